The van der Waals surface area contributed by atoms with Crippen LogP contribution in [0.4, 0.5) is 5.82 Å². The minimum atomic E-state index is -3.53. The average Bonchev–Trinajstić information content (AvgIpc) is 3.44. The van der Waals surface area contributed by atoms with Gasteiger partial charge in [0.2, 0.25) is 10.0 Å². The fourth-order valence-corrected chi connectivity index (χ4v) is 5.45. The smallest absolute Gasteiger partial charge is 0.256 e. The second kappa shape index (κ2) is 7.62. The van der Waals surface area contributed by atoms with Crippen LogP contribution < -0.4 is 5.32 Å². The van der Waals surface area contributed by atoms with Crippen LogP contribution in [0.5, 0.6) is 0 Å². The molecule has 1 N–H and O–H groups in total. The number of fused-ring (bicyclic) bond motifs is 1. The highest BCUT2D eigenvalue weighted by atomic mass is 32.2. The summed E-state index contributed by atoms with van der Waals surface area (Å²) in [6.07, 6.45) is 4.60. The molecular weight excluding hydrogens is 412 g/mol. The van der Waals surface area contributed by atoms with E-state index in [-0.39, 0.29) is 16.8 Å². The molecule has 0 unspecified atom stereocenters. The molecule has 1 heterocycles. The van der Waals surface area contributed by atoms with Gasteiger partial charge in [-0.3, -0.25) is 4.79 Å². The first-order chi connectivity index (χ1) is 14.9. The van der Waals surface area contributed by atoms with Crippen LogP contribution in [0.25, 0.3) is 5.69 Å². The van der Waals surface area contributed by atoms with Crippen LogP contribution in [0.3, 0.4) is 0 Å². The number of nitrogens with zero attached hydrogens (tertiary/aromatic N) is 3. The summed E-state index contributed by atoms with van der Waals surface area (Å²) >= 11 is 0. The first-order valence-electron chi connectivity index (χ1n) is 10.5. The summed E-state index contributed by atoms with van der Waals surface area (Å²) in [6, 6.07) is 15.9. The standard InChI is InChI=1S/C23H24N4O3S/c1-26(17-12-13-17)31(29,30)19-14-10-16(11-15-19)23(28)24-22-20-8-5-9-21(20)25-27(22)18-6-3-2-4-7-18/h2-4,6-7,10-11,14-15,17H,5,8-9,12-13H2,1H3,(H,24,28). The summed E-state index contributed by atoms with van der Waals surface area (Å²) in [4.78, 5) is 13.2. The summed E-state index contributed by atoms with van der Waals surface area (Å²) < 4.78 is 28.6. The summed E-state index contributed by atoms with van der Waals surface area (Å²) in [5, 5.41) is 7.73. The van der Waals surface area contributed by atoms with Crippen molar-refractivity contribution >= 4 is 21.7 Å². The van der Waals surface area contributed by atoms with Gasteiger partial charge in [-0.05, 0) is 68.5 Å². The zero-order chi connectivity index (χ0) is 21.6. The van der Waals surface area contributed by atoms with E-state index in [0.29, 0.717) is 11.4 Å². The van der Waals surface area contributed by atoms with Gasteiger partial charge in [-0.2, -0.15) is 9.40 Å². The third kappa shape index (κ3) is 3.66. The molecule has 0 atom stereocenters. The van der Waals surface area contributed by atoms with Gasteiger partial charge in [0.15, 0.2) is 0 Å². The molecule has 8 heteroatoms. The van der Waals surface area contributed by atoms with Crippen LogP contribution in [0.2, 0.25) is 0 Å². The van der Waals surface area contributed by atoms with Gasteiger partial charge in [-0.15, -0.1) is 0 Å². The average molecular weight is 437 g/mol. The van der Waals surface area contributed by atoms with Gasteiger partial charge in [0, 0.05) is 24.2 Å². The number of benzene rings is 2. The van der Waals surface area contributed by atoms with E-state index in [1.165, 1.54) is 16.4 Å². The van der Waals surface area contributed by atoms with E-state index in [2.05, 4.69) is 5.32 Å². The fourth-order valence-electron chi connectivity index (χ4n) is 4.03. The van der Waals surface area contributed by atoms with Gasteiger partial charge in [-0.25, -0.2) is 13.1 Å². The van der Waals surface area contributed by atoms with E-state index >= 15 is 0 Å². The lowest BCUT2D eigenvalue weighted by Crippen LogP contribution is -2.29. The Labute approximate surface area is 181 Å². The van der Waals surface area contributed by atoms with E-state index < -0.39 is 10.0 Å². The zero-order valence-electron chi connectivity index (χ0n) is 17.3. The number of hydrogen-bond donors (Lipinski definition) is 1. The first kappa shape index (κ1) is 20.0. The van der Waals surface area contributed by atoms with Crippen LogP contribution >= 0.6 is 0 Å². The Morgan fingerprint density at radius 1 is 1.06 bits per heavy atom. The molecule has 0 bridgehead atoms. The van der Waals surface area contributed by atoms with Crippen molar-refractivity contribution in [3.63, 3.8) is 0 Å². The number of anilines is 1. The number of nitrogens with one attached hydrogen (secondary N) is 1. The lowest BCUT2D eigenvalue weighted by molar-refractivity contribution is 0.102. The summed E-state index contributed by atoms with van der Waals surface area (Å²) in [7, 11) is -1.92. The second-order valence-electron chi connectivity index (χ2n) is 8.11. The van der Waals surface area contributed by atoms with Crippen LogP contribution in [0.1, 0.15) is 40.9 Å². The fraction of sp³-hybridized carbons (Fsp3) is 0.304. The predicted molar refractivity (Wildman–Crippen MR) is 118 cm³/mol. The monoisotopic (exact) mass is 436 g/mol. The molecule has 0 spiro atoms. The molecule has 5 rings (SSSR count). The number of hydrogen-bond acceptors (Lipinski definition) is 4. The molecule has 0 saturated heterocycles. The van der Waals surface area contributed by atoms with Crippen LogP contribution in [-0.4, -0.2) is 41.5 Å². The molecule has 1 aromatic heterocycles. The Morgan fingerprint density at radius 2 is 1.77 bits per heavy atom. The minimum absolute atomic E-state index is 0.0911. The Morgan fingerprint density at radius 3 is 2.45 bits per heavy atom. The molecule has 0 radical (unpaired) electrons. The lowest BCUT2D eigenvalue weighted by atomic mass is 10.2. The van der Waals surface area contributed by atoms with Gasteiger partial charge in [0.25, 0.3) is 5.91 Å². The molecule has 2 aromatic carbocycles. The molecule has 0 aliphatic heterocycles. The van der Waals surface area contributed by atoms with E-state index in [0.717, 1.165) is 49.0 Å². The van der Waals surface area contributed by atoms with Crippen molar-refractivity contribution in [2.45, 2.75) is 43.0 Å². The molecule has 160 valence electrons. The second-order valence-corrected chi connectivity index (χ2v) is 10.1. The van der Waals surface area contributed by atoms with Crippen molar-refractivity contribution in [3.05, 3.63) is 71.4 Å². The highest BCUT2D eigenvalue weighted by Crippen LogP contribution is 2.32. The van der Waals surface area contributed by atoms with E-state index in [1.807, 2.05) is 30.3 Å². The highest BCUT2D eigenvalue weighted by Gasteiger charge is 2.35. The molecular formula is C23H24N4O3S. The SMILES string of the molecule is CN(C1CC1)S(=O)(=O)c1ccc(C(=O)Nc2c3c(nn2-c2ccccc2)CCC3)cc1. The molecule has 1 fully saturated rings. The Balaban J connectivity index is 1.41. The predicted octanol–water partition coefficient (Wildman–Crippen LogP) is 3.40. The molecule has 1 saturated carbocycles. The van der Waals surface area contributed by atoms with Crippen molar-refractivity contribution in [1.29, 1.82) is 0 Å². The zero-order valence-corrected chi connectivity index (χ0v) is 18.1. The molecule has 2 aliphatic rings. The van der Waals surface area contributed by atoms with Crippen molar-refractivity contribution < 1.29 is 13.2 Å². The van der Waals surface area contributed by atoms with Crippen LogP contribution in [0.15, 0.2) is 59.5 Å². The third-order valence-electron chi connectivity index (χ3n) is 5.99. The first-order valence-corrected chi connectivity index (χ1v) is 11.9. The number of amides is 1. The number of para-hydroxylation sites is 1. The number of aryl methyl sites for hydroxylation is 1. The maximum Gasteiger partial charge on any atom is 0.256 e. The number of carbonyl (C=O) groups is 1. The van der Waals surface area contributed by atoms with Crippen molar-refractivity contribution in [2.24, 2.45) is 0 Å². The summed E-state index contributed by atoms with van der Waals surface area (Å²) in [6.45, 7) is 0. The quantitative estimate of drug-likeness (QED) is 0.642. The van der Waals surface area contributed by atoms with E-state index in [9.17, 15) is 13.2 Å². The van der Waals surface area contributed by atoms with Gasteiger partial charge < -0.3 is 5.32 Å². The number of sulfonamides is 1. The normalized spacial score (nSPS) is 15.8. The molecule has 7 nitrogen and oxygen atoms in total. The molecule has 1 amide bonds. The van der Waals surface area contributed by atoms with Gasteiger partial charge >= 0.3 is 0 Å². The Kier molecular flexibility index (Phi) is 4.91. The molecule has 3 aromatic rings. The largest absolute Gasteiger partial charge is 0.306 e. The van der Waals surface area contributed by atoms with Crippen LogP contribution in [-0.2, 0) is 22.9 Å². The Bertz CT molecular complexity index is 1230. The maximum absolute atomic E-state index is 13.0. The summed E-state index contributed by atoms with van der Waals surface area (Å²) in [5.74, 6) is 0.403. The van der Waals surface area contributed by atoms with Gasteiger partial charge in [-0.1, -0.05) is 18.2 Å². The Hall–Kier alpha value is -2.97. The highest BCUT2D eigenvalue weighted by molar-refractivity contribution is 7.89. The maximum atomic E-state index is 13.0. The van der Waals surface area contributed by atoms with E-state index in [4.69, 9.17) is 5.10 Å². The van der Waals surface area contributed by atoms with Gasteiger partial charge in [0.05, 0.1) is 16.3 Å². The topological polar surface area (TPSA) is 84.3 Å². The summed E-state index contributed by atoms with van der Waals surface area (Å²) in [5.41, 5.74) is 3.38. The molecule has 2 aliphatic carbocycles. The van der Waals surface area contributed by atoms with Crippen LogP contribution in [0, 0.1) is 0 Å². The number of aromatic nitrogens is 2. The third-order valence-corrected chi connectivity index (χ3v) is 7.92. The van der Waals surface area contributed by atoms with Crippen molar-refractivity contribution in [3.8, 4) is 5.69 Å². The number of rotatable bonds is 6. The van der Waals surface area contributed by atoms with E-state index in [1.54, 1.807) is 23.9 Å². The molecule has 31 heavy (non-hydrogen) atoms. The van der Waals surface area contributed by atoms with Crippen molar-refractivity contribution in [1.82, 2.24) is 14.1 Å². The lowest BCUT2D eigenvalue weighted by Gasteiger charge is -2.16. The number of carbonyl (C=O) groups excluding carboxylic acids is 1. The van der Waals surface area contributed by atoms with Crippen molar-refractivity contribution in [2.75, 3.05) is 12.4 Å². The van der Waals surface area contributed by atoms with Gasteiger partial charge in [0.1, 0.15) is 5.82 Å². The minimum Gasteiger partial charge on any atom is -0.306 e.